The highest BCUT2D eigenvalue weighted by atomic mass is 35.5. The Balaban J connectivity index is 4.71. The van der Waals surface area contributed by atoms with Gasteiger partial charge in [0.25, 0.3) is 0 Å². The van der Waals surface area contributed by atoms with E-state index in [9.17, 15) is 20.4 Å². The van der Waals surface area contributed by atoms with Crippen LogP contribution >= 0.6 is 11.6 Å². The quantitative estimate of drug-likeness (QED) is 0.0595. The molecule has 0 aromatic heterocycles. The van der Waals surface area contributed by atoms with E-state index in [0.29, 0.717) is 13.1 Å². The van der Waals surface area contributed by atoms with Gasteiger partial charge in [-0.25, -0.2) is 5.84 Å². The number of hydroxylamine groups is 7. The summed E-state index contributed by atoms with van der Waals surface area (Å²) in [7, 11) is 1.47. The number of nitrogens with two attached hydrogens (primary N) is 1. The number of amides is 1. The van der Waals surface area contributed by atoms with Gasteiger partial charge in [0.1, 0.15) is 13.1 Å². The average molecular weight is 399 g/mol. The van der Waals surface area contributed by atoms with Gasteiger partial charge >= 0.3 is 0 Å². The number of likely N-dealkylation sites (N-methyl/N-ethyl adjacent to an activating group) is 1. The Hall–Kier alpha value is -0.560. The first-order valence-electron chi connectivity index (χ1n) is 9.09. The lowest BCUT2D eigenvalue weighted by Crippen LogP contribution is -3.08. The van der Waals surface area contributed by atoms with E-state index in [1.807, 2.05) is 12.3 Å². The predicted octanol–water partition coefficient (Wildman–Crippen LogP) is -2.63. The fourth-order valence-electron chi connectivity index (χ4n) is 2.43. The minimum atomic E-state index is -0.722. The molecule has 0 aliphatic carbocycles. The monoisotopic (exact) mass is 398 g/mol. The Morgan fingerprint density at radius 1 is 1.27 bits per heavy atom. The molecule has 0 saturated carbocycles. The van der Waals surface area contributed by atoms with Gasteiger partial charge in [-0.1, -0.05) is 24.9 Å². The number of alkyl halides is 1. The van der Waals surface area contributed by atoms with E-state index < -0.39 is 16.1 Å². The summed E-state index contributed by atoms with van der Waals surface area (Å²) in [5, 5.41) is 36.1. The van der Waals surface area contributed by atoms with Gasteiger partial charge in [0.2, 0.25) is 5.91 Å². The van der Waals surface area contributed by atoms with Gasteiger partial charge in [-0.05, 0) is 6.42 Å². The molecule has 0 aromatic carbocycles. The summed E-state index contributed by atoms with van der Waals surface area (Å²) in [6, 6.07) is 0. The molecule has 0 aliphatic rings. The average Bonchev–Trinajstić information content (AvgIpc) is 2.59. The molecule has 5 N–H and O–H groups in total. The number of hydrogen-bond donors (Lipinski definition) is 4. The molecule has 0 spiro atoms. The van der Waals surface area contributed by atoms with Crippen molar-refractivity contribution in [1.82, 2.24) is 10.3 Å². The van der Waals surface area contributed by atoms with Crippen molar-refractivity contribution in [1.29, 1.82) is 0 Å². The van der Waals surface area contributed by atoms with Crippen LogP contribution in [0.4, 0.5) is 0 Å². The number of halogens is 1. The molecular formula is C15H35ClN6O4. The molecule has 0 radical (unpaired) electrons. The smallest absolute Gasteiger partial charge is 0.248 e. The Bertz CT molecular complexity index is 391. The van der Waals surface area contributed by atoms with Gasteiger partial charge in [-0.2, -0.15) is 0 Å². The van der Waals surface area contributed by atoms with Crippen LogP contribution in [-0.4, -0.2) is 80.4 Å². The van der Waals surface area contributed by atoms with Crippen molar-refractivity contribution in [3.05, 3.63) is 15.6 Å². The van der Waals surface area contributed by atoms with E-state index in [-0.39, 0.29) is 49.4 Å². The molecule has 1 amide bonds. The zero-order valence-corrected chi connectivity index (χ0v) is 16.9. The van der Waals surface area contributed by atoms with Crippen LogP contribution in [-0.2, 0) is 4.79 Å². The fraction of sp³-hybridized carbons (Fsp3) is 0.933. The normalized spacial score (nSPS) is 17.6. The molecule has 0 fully saturated rings. The number of hydrogen-bond acceptors (Lipinski definition) is 6. The summed E-state index contributed by atoms with van der Waals surface area (Å²) in [4.78, 5) is 13.2. The Labute approximate surface area is 161 Å². The predicted molar refractivity (Wildman–Crippen MR) is 102 cm³/mol. The first kappa shape index (κ1) is 25.4. The number of nitrogens with one attached hydrogen (secondary N) is 3. The summed E-state index contributed by atoms with van der Waals surface area (Å²) in [5.74, 6) is 4.71. The van der Waals surface area contributed by atoms with Gasteiger partial charge in [-0.15, -0.1) is 0 Å². The Morgan fingerprint density at radius 3 is 2.42 bits per heavy atom. The molecule has 0 bridgehead atoms. The molecule has 11 heteroatoms. The second-order valence-electron chi connectivity index (χ2n) is 6.66. The number of carbonyl (C=O) groups excluding carboxylic acids is 1. The van der Waals surface area contributed by atoms with Crippen LogP contribution in [0.5, 0.6) is 0 Å². The molecule has 0 aliphatic heterocycles. The standard InChI is InChI=1S/C15H35ClN6O4/c1-4-5-6-21(25)10-12-22(26,14(2)16)11-9-20(8-7-19(3)24)13-15(23)18-17/h14,19,21H,4-13,17H2,1-3H3,(H,18,23). The maximum Gasteiger partial charge on any atom is 0.248 e. The molecule has 0 heterocycles. The fourth-order valence-corrected chi connectivity index (χ4v) is 2.62. The van der Waals surface area contributed by atoms with Crippen LogP contribution in [0, 0.1) is 15.6 Å². The van der Waals surface area contributed by atoms with Crippen molar-refractivity contribution in [3.63, 3.8) is 0 Å². The van der Waals surface area contributed by atoms with Crippen LogP contribution in [0.1, 0.15) is 26.7 Å². The van der Waals surface area contributed by atoms with Crippen LogP contribution in [0.25, 0.3) is 0 Å². The molecule has 4 atom stereocenters. The van der Waals surface area contributed by atoms with E-state index in [1.54, 1.807) is 11.8 Å². The highest BCUT2D eigenvalue weighted by molar-refractivity contribution is 6.19. The lowest BCUT2D eigenvalue weighted by molar-refractivity contribution is -0.930. The van der Waals surface area contributed by atoms with Crippen molar-refractivity contribution < 1.29 is 19.6 Å². The van der Waals surface area contributed by atoms with E-state index in [2.05, 4.69) is 0 Å². The van der Waals surface area contributed by atoms with E-state index >= 15 is 0 Å². The summed E-state index contributed by atoms with van der Waals surface area (Å²) < 4.78 is -0.722. The number of carbonyl (C=O) groups is 1. The SMILES string of the molecule is CCCC[NH+]([O-])CC[N+]([O-])(CCN(CC[NH+](C)[O-])CC(=O)NN)C(C)Cl. The second kappa shape index (κ2) is 13.6. The highest BCUT2D eigenvalue weighted by Crippen LogP contribution is 2.14. The van der Waals surface area contributed by atoms with Crippen LogP contribution in [0.3, 0.4) is 0 Å². The van der Waals surface area contributed by atoms with Crippen LogP contribution in [0.15, 0.2) is 0 Å². The molecule has 0 saturated heterocycles. The highest BCUT2D eigenvalue weighted by Gasteiger charge is 2.25. The molecule has 0 rings (SSSR count). The van der Waals surface area contributed by atoms with E-state index in [4.69, 9.17) is 17.4 Å². The Kier molecular flexibility index (Phi) is 13.3. The third kappa shape index (κ3) is 11.2. The van der Waals surface area contributed by atoms with E-state index in [1.165, 1.54) is 7.05 Å². The maximum absolute atomic E-state index is 13.0. The largest absolute Gasteiger partial charge is 0.634 e. The van der Waals surface area contributed by atoms with Gasteiger partial charge < -0.3 is 30.4 Å². The molecule has 10 nitrogen and oxygen atoms in total. The van der Waals surface area contributed by atoms with Gasteiger partial charge in [0, 0.05) is 20.0 Å². The first-order valence-corrected chi connectivity index (χ1v) is 9.53. The third-order valence-electron chi connectivity index (χ3n) is 4.33. The Morgan fingerprint density at radius 2 is 1.92 bits per heavy atom. The lowest BCUT2D eigenvalue weighted by Gasteiger charge is -2.46. The summed E-state index contributed by atoms with van der Waals surface area (Å²) in [6.07, 6.45) is 1.75. The summed E-state index contributed by atoms with van der Waals surface area (Å²) >= 11 is 6.09. The maximum atomic E-state index is 13.0. The lowest BCUT2D eigenvalue weighted by atomic mass is 10.3. The molecule has 156 valence electrons. The number of rotatable bonds is 15. The van der Waals surface area contributed by atoms with Crippen LogP contribution in [0.2, 0.25) is 0 Å². The minimum absolute atomic E-state index is 0.00161. The zero-order valence-electron chi connectivity index (χ0n) is 16.1. The minimum Gasteiger partial charge on any atom is -0.634 e. The van der Waals surface area contributed by atoms with Gasteiger partial charge in [0.15, 0.2) is 5.50 Å². The second-order valence-corrected chi connectivity index (χ2v) is 7.29. The summed E-state index contributed by atoms with van der Waals surface area (Å²) in [6.45, 7) is 5.44. The number of unbranched alkanes of at least 4 members (excludes halogenated alkanes) is 1. The first-order chi connectivity index (χ1) is 12.1. The molecule has 4 unspecified atom stereocenters. The van der Waals surface area contributed by atoms with Crippen LogP contribution < -0.4 is 21.4 Å². The van der Waals surface area contributed by atoms with Crippen molar-refractivity contribution in [2.45, 2.75) is 32.2 Å². The van der Waals surface area contributed by atoms with Crippen molar-refractivity contribution in [2.24, 2.45) is 5.84 Å². The van der Waals surface area contributed by atoms with Crippen molar-refractivity contribution in [3.8, 4) is 0 Å². The molecule has 0 aromatic rings. The number of hydrazine groups is 1. The summed E-state index contributed by atoms with van der Waals surface area (Å²) in [5.41, 5.74) is 1.33. The number of quaternary nitrogens is 3. The zero-order chi connectivity index (χ0) is 20.2. The van der Waals surface area contributed by atoms with E-state index in [0.717, 1.165) is 12.8 Å². The molecular weight excluding hydrogens is 364 g/mol. The third-order valence-corrected chi connectivity index (χ3v) is 4.69. The van der Waals surface area contributed by atoms with Crippen molar-refractivity contribution in [2.75, 3.05) is 59.4 Å². The van der Waals surface area contributed by atoms with Crippen molar-refractivity contribution >= 4 is 17.5 Å². The van der Waals surface area contributed by atoms with Gasteiger partial charge in [0.05, 0.1) is 33.2 Å². The topological polar surface area (TPSA) is 136 Å². The number of nitrogens with zero attached hydrogens (tertiary/aromatic N) is 2. The molecule has 26 heavy (non-hydrogen) atoms. The van der Waals surface area contributed by atoms with Gasteiger partial charge in [-0.3, -0.25) is 15.1 Å².